The third-order valence-corrected chi connectivity index (χ3v) is 6.59. The fourth-order valence-electron chi connectivity index (χ4n) is 3.90. The molecule has 2 aromatic carbocycles. The number of amides is 3. The molecule has 1 fully saturated rings. The van der Waals surface area contributed by atoms with Gasteiger partial charge < -0.3 is 36.1 Å². The number of nitrogens with one attached hydrogen (secondary N) is 5. The number of carbonyl (C=O) groups excluding carboxylic acids is 4. The van der Waals surface area contributed by atoms with E-state index < -0.39 is 36.1 Å². The molecule has 3 aromatic rings. The van der Waals surface area contributed by atoms with Crippen molar-refractivity contribution < 1.29 is 41.8 Å². The Morgan fingerprint density at radius 1 is 0.939 bits per heavy atom. The number of carbonyl (C=O) groups is 4. The number of aromatic nitrogens is 3. The molecule has 18 heteroatoms. The third-order valence-electron chi connectivity index (χ3n) is 6.34. The van der Waals surface area contributed by atoms with Gasteiger partial charge in [0.15, 0.2) is 6.61 Å². The van der Waals surface area contributed by atoms with E-state index in [9.17, 15) is 27.6 Å². The van der Waals surface area contributed by atoms with Crippen LogP contribution in [0, 0.1) is 12.8 Å². The van der Waals surface area contributed by atoms with Crippen molar-refractivity contribution in [2.24, 2.45) is 0 Å². The van der Waals surface area contributed by atoms with E-state index >= 15 is 0 Å². The summed E-state index contributed by atoms with van der Waals surface area (Å²) in [6, 6.07) is 12.9. The Morgan fingerprint density at radius 3 is 2.08 bits per heavy atom. The Bertz CT molecular complexity index is 1570. The van der Waals surface area contributed by atoms with E-state index in [0.717, 1.165) is 18.4 Å². The van der Waals surface area contributed by atoms with Gasteiger partial charge in [-0.05, 0) is 61.2 Å². The van der Waals surface area contributed by atoms with Gasteiger partial charge in [0.2, 0.25) is 11.9 Å². The SMILES string of the molecule is C#C.CNC(=O)C(=O)NCCCNC(=O)c1ccc(Nc2nc(NC3(c4ccc(Cl)cc4)CC3)nc(OCC(F)(F)F)n2)cc1.COC=O. The minimum Gasteiger partial charge on any atom is -0.471 e. The maximum Gasteiger partial charge on any atom is 0.422 e. The molecule has 4 rings (SSSR count). The fourth-order valence-corrected chi connectivity index (χ4v) is 4.02. The van der Waals surface area contributed by atoms with Crippen LogP contribution in [-0.2, 0) is 24.7 Å². The lowest BCUT2D eigenvalue weighted by molar-refractivity contribution is -0.154. The minimum atomic E-state index is -4.59. The molecule has 0 saturated heterocycles. The molecule has 3 amide bonds. The molecule has 1 heterocycles. The van der Waals surface area contributed by atoms with Crippen molar-refractivity contribution in [2.75, 3.05) is 44.5 Å². The maximum absolute atomic E-state index is 12.8. The molecule has 0 spiro atoms. The van der Waals surface area contributed by atoms with Crippen LogP contribution in [0.3, 0.4) is 0 Å². The van der Waals surface area contributed by atoms with Crippen LogP contribution in [0.5, 0.6) is 6.01 Å². The summed E-state index contributed by atoms with van der Waals surface area (Å²) in [6.45, 7) is -0.748. The Balaban J connectivity index is 0.00000129. The molecular formula is C31H34ClF3N8O6. The number of methoxy groups -OCH3 is 1. The zero-order valence-electron chi connectivity index (χ0n) is 26.4. The van der Waals surface area contributed by atoms with Crippen LogP contribution in [0.2, 0.25) is 5.02 Å². The van der Waals surface area contributed by atoms with Crippen LogP contribution in [0.15, 0.2) is 48.5 Å². The summed E-state index contributed by atoms with van der Waals surface area (Å²) in [5.74, 6) is -1.93. The summed E-state index contributed by atoms with van der Waals surface area (Å²) in [5, 5.41) is 14.0. The third kappa shape index (κ3) is 13.6. The molecule has 0 atom stereocenters. The summed E-state index contributed by atoms with van der Waals surface area (Å²) >= 11 is 6.00. The standard InChI is InChI=1S/C27H28ClF3N8O4.C2H4O2.C2H2/c1-32-21(41)22(42)34-14-2-13-33-20(40)16-3-9-19(10-4-16)35-23-36-24(38-25(37-23)43-15-27(29,30)31)39-26(11-12-26)17-5-7-18(28)8-6-17;1-4-2-3;1-2/h3-10H,2,11-15H2,1H3,(H,32,41)(H,33,40)(H,34,42)(H2,35,36,37,38,39);2H,1H3;1-2H. The molecule has 49 heavy (non-hydrogen) atoms. The highest BCUT2D eigenvalue weighted by Gasteiger charge is 2.45. The normalized spacial score (nSPS) is 12.2. The van der Waals surface area contributed by atoms with Crippen LogP contribution >= 0.6 is 11.6 Å². The molecular weight excluding hydrogens is 673 g/mol. The largest absolute Gasteiger partial charge is 0.471 e. The molecule has 0 radical (unpaired) electrons. The molecule has 1 saturated carbocycles. The van der Waals surface area contributed by atoms with Crippen molar-refractivity contribution >= 4 is 53.4 Å². The van der Waals surface area contributed by atoms with Gasteiger partial charge in [0.05, 0.1) is 12.6 Å². The molecule has 14 nitrogen and oxygen atoms in total. The zero-order valence-corrected chi connectivity index (χ0v) is 27.2. The molecule has 262 valence electrons. The van der Waals surface area contributed by atoms with Gasteiger partial charge in [-0.15, -0.1) is 12.8 Å². The van der Waals surface area contributed by atoms with Crippen LogP contribution in [-0.4, -0.2) is 79.2 Å². The predicted octanol–water partition coefficient (Wildman–Crippen LogP) is 3.33. The number of alkyl halides is 3. The van der Waals surface area contributed by atoms with Crippen LogP contribution < -0.4 is 31.3 Å². The monoisotopic (exact) mass is 706 g/mol. The van der Waals surface area contributed by atoms with Gasteiger partial charge in [-0.1, -0.05) is 23.7 Å². The summed E-state index contributed by atoms with van der Waals surface area (Å²) in [4.78, 5) is 56.3. The minimum absolute atomic E-state index is 0.0182. The number of likely N-dealkylation sites (N-methyl/N-ethyl adjacent to an activating group) is 1. The van der Waals surface area contributed by atoms with Crippen LogP contribution in [0.4, 0.5) is 30.8 Å². The van der Waals surface area contributed by atoms with E-state index in [1.165, 1.54) is 26.3 Å². The number of hydrogen-bond donors (Lipinski definition) is 5. The van der Waals surface area contributed by atoms with E-state index in [1.807, 2.05) is 12.1 Å². The van der Waals surface area contributed by atoms with Crippen molar-refractivity contribution in [3.8, 4) is 18.9 Å². The fraction of sp³-hybridized carbons (Fsp3) is 0.323. The lowest BCUT2D eigenvalue weighted by Crippen LogP contribution is -2.39. The van der Waals surface area contributed by atoms with E-state index in [1.54, 1.807) is 24.3 Å². The number of hydrogen-bond acceptors (Lipinski definition) is 11. The average Bonchev–Trinajstić information content (AvgIpc) is 3.88. The summed E-state index contributed by atoms with van der Waals surface area (Å²) in [7, 11) is 2.66. The summed E-state index contributed by atoms with van der Waals surface area (Å²) < 4.78 is 47.1. The van der Waals surface area contributed by atoms with E-state index in [0.29, 0.717) is 29.2 Å². The van der Waals surface area contributed by atoms with Gasteiger partial charge in [0, 0.05) is 36.4 Å². The van der Waals surface area contributed by atoms with Gasteiger partial charge >= 0.3 is 24.0 Å². The zero-order chi connectivity index (χ0) is 36.5. The van der Waals surface area contributed by atoms with Crippen molar-refractivity contribution in [1.82, 2.24) is 30.9 Å². The van der Waals surface area contributed by atoms with Crippen LogP contribution in [0.1, 0.15) is 35.2 Å². The Hall–Kier alpha value is -5.63. The first-order valence-electron chi connectivity index (χ1n) is 14.3. The number of ether oxygens (including phenoxy) is 2. The Morgan fingerprint density at radius 2 is 1.53 bits per heavy atom. The van der Waals surface area contributed by atoms with Crippen molar-refractivity contribution in [1.29, 1.82) is 0 Å². The van der Waals surface area contributed by atoms with Crippen molar-refractivity contribution in [3.05, 3.63) is 64.7 Å². The second-order valence-corrected chi connectivity index (χ2v) is 10.3. The van der Waals surface area contributed by atoms with Gasteiger partial charge in [-0.2, -0.15) is 28.1 Å². The first-order valence-corrected chi connectivity index (χ1v) is 14.7. The van der Waals surface area contributed by atoms with Crippen molar-refractivity contribution in [2.45, 2.75) is 31.0 Å². The second kappa shape index (κ2) is 19.3. The maximum atomic E-state index is 12.8. The molecule has 5 N–H and O–H groups in total. The molecule has 0 unspecified atom stereocenters. The number of rotatable bonds is 13. The number of terminal acetylenes is 1. The molecule has 1 aromatic heterocycles. The number of halogens is 4. The topological polar surface area (TPSA) is 186 Å². The number of benzene rings is 2. The van der Waals surface area contributed by atoms with Gasteiger partial charge in [-0.25, -0.2) is 0 Å². The lowest BCUT2D eigenvalue weighted by Gasteiger charge is -2.19. The second-order valence-electron chi connectivity index (χ2n) is 9.86. The number of nitrogens with zero attached hydrogens (tertiary/aromatic N) is 3. The highest BCUT2D eigenvalue weighted by molar-refractivity contribution is 6.35. The van der Waals surface area contributed by atoms with Gasteiger partial charge in [0.1, 0.15) is 0 Å². The predicted molar refractivity (Wildman–Crippen MR) is 174 cm³/mol. The highest BCUT2D eigenvalue weighted by atomic mass is 35.5. The van der Waals surface area contributed by atoms with E-state index in [-0.39, 0.29) is 30.9 Å². The van der Waals surface area contributed by atoms with E-state index in [2.05, 4.69) is 59.1 Å². The van der Waals surface area contributed by atoms with Crippen LogP contribution in [0.25, 0.3) is 0 Å². The Labute approximate surface area is 284 Å². The average molecular weight is 707 g/mol. The first kappa shape index (κ1) is 39.5. The highest BCUT2D eigenvalue weighted by Crippen LogP contribution is 2.48. The smallest absolute Gasteiger partial charge is 0.422 e. The Kier molecular flexibility index (Phi) is 15.5. The van der Waals surface area contributed by atoms with E-state index in [4.69, 9.17) is 21.1 Å². The lowest BCUT2D eigenvalue weighted by atomic mass is 10.1. The molecule has 1 aliphatic rings. The first-order chi connectivity index (χ1) is 23.4. The quantitative estimate of drug-likeness (QED) is 0.0760. The molecule has 1 aliphatic carbocycles. The molecule has 0 bridgehead atoms. The summed E-state index contributed by atoms with van der Waals surface area (Å²) in [6.07, 6.45) is 5.30. The number of anilines is 3. The van der Waals surface area contributed by atoms with Gasteiger partial charge in [0.25, 0.3) is 12.4 Å². The summed E-state index contributed by atoms with van der Waals surface area (Å²) in [5.41, 5.74) is 1.21. The van der Waals surface area contributed by atoms with Gasteiger partial charge in [-0.3, -0.25) is 19.2 Å². The van der Waals surface area contributed by atoms with Crippen molar-refractivity contribution in [3.63, 3.8) is 0 Å². The molecule has 0 aliphatic heterocycles.